The predicted octanol–water partition coefficient (Wildman–Crippen LogP) is 3.73. The molecule has 4 rings (SSSR count). The highest BCUT2D eigenvalue weighted by Crippen LogP contribution is 2.22. The standard InChI is InChI=1S/C23H24FN5O2S/c1-16-2-6-18(7-3-16)25-21(30)14-28-10-12-29(13-11-28)22(31)20-15-32-23(27-20)26-19-8-4-17(24)5-9-19/h2-9,15H,10-14H2,1H3,(H,25,30)(H,26,27). The lowest BCUT2D eigenvalue weighted by molar-refractivity contribution is -0.117. The highest BCUT2D eigenvalue weighted by atomic mass is 32.1. The van der Waals surface area contributed by atoms with E-state index in [4.69, 9.17) is 0 Å². The van der Waals surface area contributed by atoms with Gasteiger partial charge in [0, 0.05) is 42.9 Å². The Balaban J connectivity index is 1.25. The average Bonchev–Trinajstić information content (AvgIpc) is 3.25. The normalized spacial score (nSPS) is 14.2. The Bertz CT molecular complexity index is 1080. The molecule has 0 spiro atoms. The number of carbonyl (C=O) groups is 2. The van der Waals surface area contributed by atoms with E-state index in [0.717, 1.165) is 11.3 Å². The summed E-state index contributed by atoms with van der Waals surface area (Å²) < 4.78 is 13.0. The van der Waals surface area contributed by atoms with Crippen molar-refractivity contribution in [3.63, 3.8) is 0 Å². The van der Waals surface area contributed by atoms with E-state index in [9.17, 15) is 14.0 Å². The molecule has 0 atom stereocenters. The van der Waals surface area contributed by atoms with Crippen LogP contribution in [0.3, 0.4) is 0 Å². The fraction of sp³-hybridized carbons (Fsp3) is 0.261. The second-order valence-corrected chi connectivity index (χ2v) is 8.51. The molecule has 2 aromatic carbocycles. The van der Waals surface area contributed by atoms with Gasteiger partial charge in [-0.2, -0.15) is 0 Å². The third-order valence-electron chi connectivity index (χ3n) is 5.18. The molecule has 0 aliphatic carbocycles. The molecule has 3 aromatic rings. The second kappa shape index (κ2) is 9.88. The fourth-order valence-corrected chi connectivity index (χ4v) is 4.10. The quantitative estimate of drug-likeness (QED) is 0.595. The number of hydrogen-bond donors (Lipinski definition) is 2. The summed E-state index contributed by atoms with van der Waals surface area (Å²) in [6, 6.07) is 13.6. The third kappa shape index (κ3) is 5.68. The van der Waals surface area contributed by atoms with E-state index in [1.165, 1.54) is 23.5 Å². The third-order valence-corrected chi connectivity index (χ3v) is 5.94. The first-order valence-corrected chi connectivity index (χ1v) is 11.2. The van der Waals surface area contributed by atoms with Crippen molar-refractivity contribution >= 4 is 39.7 Å². The molecule has 0 saturated carbocycles. The van der Waals surface area contributed by atoms with E-state index in [-0.39, 0.29) is 17.6 Å². The molecule has 2 heterocycles. The summed E-state index contributed by atoms with van der Waals surface area (Å²) in [4.78, 5) is 33.3. The molecule has 1 fully saturated rings. The van der Waals surface area contributed by atoms with Crippen LogP contribution in [0.5, 0.6) is 0 Å². The van der Waals surface area contributed by atoms with Crippen LogP contribution in [0.25, 0.3) is 0 Å². The maximum Gasteiger partial charge on any atom is 0.273 e. The molecule has 2 N–H and O–H groups in total. The van der Waals surface area contributed by atoms with Crippen LogP contribution in [0, 0.1) is 12.7 Å². The number of aromatic nitrogens is 1. The zero-order valence-corrected chi connectivity index (χ0v) is 18.5. The zero-order chi connectivity index (χ0) is 22.5. The Labute approximate surface area is 189 Å². The van der Waals surface area contributed by atoms with Crippen LogP contribution in [0.4, 0.5) is 20.9 Å². The van der Waals surface area contributed by atoms with Crippen LogP contribution in [0.2, 0.25) is 0 Å². The Hall–Kier alpha value is -3.30. The summed E-state index contributed by atoms with van der Waals surface area (Å²) in [6.45, 7) is 4.61. The lowest BCUT2D eigenvalue weighted by Crippen LogP contribution is -2.50. The molecule has 0 unspecified atom stereocenters. The number of benzene rings is 2. The molecule has 0 radical (unpaired) electrons. The van der Waals surface area contributed by atoms with E-state index in [1.807, 2.05) is 36.1 Å². The van der Waals surface area contributed by atoms with Crippen molar-refractivity contribution < 1.29 is 14.0 Å². The predicted molar refractivity (Wildman–Crippen MR) is 124 cm³/mol. The van der Waals surface area contributed by atoms with Gasteiger partial charge in [-0.1, -0.05) is 17.7 Å². The molecule has 1 aliphatic heterocycles. The zero-order valence-electron chi connectivity index (χ0n) is 17.7. The number of hydrogen-bond acceptors (Lipinski definition) is 6. The lowest BCUT2D eigenvalue weighted by atomic mass is 10.2. The first-order chi connectivity index (χ1) is 15.5. The average molecular weight is 454 g/mol. The summed E-state index contributed by atoms with van der Waals surface area (Å²) in [5, 5.41) is 8.28. The number of halogens is 1. The van der Waals surface area contributed by atoms with Crippen molar-refractivity contribution in [3.05, 3.63) is 71.0 Å². The largest absolute Gasteiger partial charge is 0.335 e. The first kappa shape index (κ1) is 21.9. The fourth-order valence-electron chi connectivity index (χ4n) is 3.40. The van der Waals surface area contributed by atoms with E-state index in [1.54, 1.807) is 22.4 Å². The minimum Gasteiger partial charge on any atom is -0.335 e. The first-order valence-electron chi connectivity index (χ1n) is 10.3. The summed E-state index contributed by atoms with van der Waals surface area (Å²) in [7, 11) is 0. The van der Waals surface area contributed by atoms with Gasteiger partial charge >= 0.3 is 0 Å². The van der Waals surface area contributed by atoms with Gasteiger partial charge in [-0.15, -0.1) is 11.3 Å². The van der Waals surface area contributed by atoms with Gasteiger partial charge < -0.3 is 15.5 Å². The summed E-state index contributed by atoms with van der Waals surface area (Å²) >= 11 is 1.32. The smallest absolute Gasteiger partial charge is 0.273 e. The molecule has 32 heavy (non-hydrogen) atoms. The van der Waals surface area contributed by atoms with E-state index >= 15 is 0 Å². The molecule has 9 heteroatoms. The minimum atomic E-state index is -0.308. The number of carbonyl (C=O) groups excluding carboxylic acids is 2. The SMILES string of the molecule is Cc1ccc(NC(=O)CN2CCN(C(=O)c3csc(Nc4ccc(F)cc4)n3)CC2)cc1. The molecule has 1 aromatic heterocycles. The minimum absolute atomic E-state index is 0.0651. The van der Waals surface area contributed by atoms with Gasteiger partial charge in [0.1, 0.15) is 11.5 Å². The van der Waals surface area contributed by atoms with Gasteiger partial charge in [0.25, 0.3) is 5.91 Å². The van der Waals surface area contributed by atoms with Gasteiger partial charge in [0.15, 0.2) is 5.13 Å². The molecule has 1 aliphatic rings. The van der Waals surface area contributed by atoms with Crippen molar-refractivity contribution in [2.24, 2.45) is 0 Å². The van der Waals surface area contributed by atoms with Gasteiger partial charge in [0.2, 0.25) is 5.91 Å². The van der Waals surface area contributed by atoms with Crippen molar-refractivity contribution in [3.8, 4) is 0 Å². The van der Waals surface area contributed by atoms with Crippen LogP contribution < -0.4 is 10.6 Å². The van der Waals surface area contributed by atoms with Gasteiger partial charge in [-0.3, -0.25) is 14.5 Å². The number of nitrogens with one attached hydrogen (secondary N) is 2. The number of thiazole rings is 1. The lowest BCUT2D eigenvalue weighted by Gasteiger charge is -2.33. The number of piperazine rings is 1. The Kier molecular flexibility index (Phi) is 6.77. The summed E-state index contributed by atoms with van der Waals surface area (Å²) in [6.07, 6.45) is 0. The second-order valence-electron chi connectivity index (χ2n) is 7.65. The maximum atomic E-state index is 13.0. The summed E-state index contributed by atoms with van der Waals surface area (Å²) in [5.74, 6) is -0.501. The van der Waals surface area contributed by atoms with E-state index in [2.05, 4.69) is 15.6 Å². The van der Waals surface area contributed by atoms with Crippen LogP contribution in [-0.2, 0) is 4.79 Å². The van der Waals surface area contributed by atoms with Crippen LogP contribution >= 0.6 is 11.3 Å². The Morgan fingerprint density at radius 1 is 1.00 bits per heavy atom. The Morgan fingerprint density at radius 3 is 2.34 bits per heavy atom. The monoisotopic (exact) mass is 453 g/mol. The number of amides is 2. The van der Waals surface area contributed by atoms with Crippen molar-refractivity contribution in [2.75, 3.05) is 43.4 Å². The molecular weight excluding hydrogens is 429 g/mol. The molecular formula is C23H24FN5O2S. The maximum absolute atomic E-state index is 13.0. The Morgan fingerprint density at radius 2 is 1.66 bits per heavy atom. The van der Waals surface area contributed by atoms with Crippen molar-refractivity contribution in [1.82, 2.24) is 14.8 Å². The summed E-state index contributed by atoms with van der Waals surface area (Å²) in [5.41, 5.74) is 3.01. The van der Waals surface area contributed by atoms with Gasteiger partial charge in [-0.05, 0) is 43.3 Å². The van der Waals surface area contributed by atoms with Crippen LogP contribution in [-0.4, -0.2) is 59.3 Å². The number of rotatable bonds is 6. The van der Waals surface area contributed by atoms with Crippen LogP contribution in [0.1, 0.15) is 16.1 Å². The molecule has 166 valence electrons. The topological polar surface area (TPSA) is 77.6 Å². The van der Waals surface area contributed by atoms with Crippen molar-refractivity contribution in [1.29, 1.82) is 0 Å². The number of aryl methyl sites for hydroxylation is 1. The molecule has 2 amide bonds. The van der Waals surface area contributed by atoms with Crippen LogP contribution in [0.15, 0.2) is 53.9 Å². The highest BCUT2D eigenvalue weighted by molar-refractivity contribution is 7.14. The molecule has 0 bridgehead atoms. The van der Waals surface area contributed by atoms with Crippen molar-refractivity contribution in [2.45, 2.75) is 6.92 Å². The van der Waals surface area contributed by atoms with Gasteiger partial charge in [-0.25, -0.2) is 9.37 Å². The van der Waals surface area contributed by atoms with Gasteiger partial charge in [0.05, 0.1) is 6.54 Å². The number of anilines is 3. The number of nitrogens with zero attached hydrogens (tertiary/aromatic N) is 3. The molecule has 7 nitrogen and oxygen atoms in total. The van der Waals surface area contributed by atoms with E-state index < -0.39 is 0 Å². The van der Waals surface area contributed by atoms with E-state index in [0.29, 0.717) is 49.2 Å². The highest BCUT2D eigenvalue weighted by Gasteiger charge is 2.25. The molecule has 1 saturated heterocycles.